The topological polar surface area (TPSA) is 23.0 Å². The maximum absolute atomic E-state index is 6.44. The fraction of sp³-hybridized carbons (Fsp3) is 0. The lowest BCUT2D eigenvalue weighted by molar-refractivity contribution is 0.670. The summed E-state index contributed by atoms with van der Waals surface area (Å²) in [5, 5.41) is 5.84. The van der Waals surface area contributed by atoms with Crippen molar-refractivity contribution in [1.29, 1.82) is 0 Å². The number of aromatic nitrogens is 2. The minimum atomic E-state index is 0.903. The summed E-state index contributed by atoms with van der Waals surface area (Å²) in [5.41, 5.74) is 9.67. The zero-order valence-corrected chi connectivity index (χ0v) is 24.5. The maximum atomic E-state index is 6.44. The van der Waals surface area contributed by atoms with Gasteiger partial charge in [0.1, 0.15) is 11.2 Å². The van der Waals surface area contributed by atoms with E-state index in [0.29, 0.717) is 0 Å². The predicted octanol–water partition coefficient (Wildman–Crippen LogP) is 11.4. The lowest BCUT2D eigenvalue weighted by Crippen LogP contribution is -1.99. The van der Waals surface area contributed by atoms with Gasteiger partial charge in [0.15, 0.2) is 0 Å². The monoisotopic (exact) mass is 576 g/mol. The SMILES string of the molecule is c1ccc(-n2cccc(-c3cccc4c3oc3ccccc34)ccc3ccc4c5ccccc5n(-c5ccccc5)c4c32)cc1. The average molecular weight is 577 g/mol. The van der Waals surface area contributed by atoms with Crippen LogP contribution >= 0.6 is 0 Å². The molecule has 0 fully saturated rings. The zero-order chi connectivity index (χ0) is 29.7. The van der Waals surface area contributed by atoms with E-state index < -0.39 is 0 Å². The van der Waals surface area contributed by atoms with Gasteiger partial charge in [0.2, 0.25) is 0 Å². The fourth-order valence-corrected chi connectivity index (χ4v) is 6.79. The third-order valence-electron chi connectivity index (χ3n) is 8.80. The van der Waals surface area contributed by atoms with E-state index in [0.717, 1.165) is 55.3 Å². The molecule has 0 amide bonds. The van der Waals surface area contributed by atoms with E-state index in [9.17, 15) is 0 Å². The summed E-state index contributed by atoms with van der Waals surface area (Å²) in [5.74, 6) is 0. The molecule has 0 bridgehead atoms. The number of para-hydroxylation sites is 5. The Morgan fingerprint density at radius 3 is 1.96 bits per heavy atom. The Bertz CT molecular complexity index is 2590. The number of hydrogen-bond acceptors (Lipinski definition) is 1. The van der Waals surface area contributed by atoms with Crippen molar-refractivity contribution in [2.75, 3.05) is 0 Å². The highest BCUT2D eigenvalue weighted by Crippen LogP contribution is 2.38. The van der Waals surface area contributed by atoms with Crippen molar-refractivity contribution < 1.29 is 4.42 Å². The molecule has 45 heavy (non-hydrogen) atoms. The second kappa shape index (κ2) is 10.3. The van der Waals surface area contributed by atoms with Gasteiger partial charge in [-0.25, -0.2) is 0 Å². The largest absolute Gasteiger partial charge is 0.455 e. The molecule has 0 N–H and O–H groups in total. The Morgan fingerprint density at radius 2 is 1.11 bits per heavy atom. The van der Waals surface area contributed by atoms with E-state index in [-0.39, 0.29) is 0 Å². The van der Waals surface area contributed by atoms with Gasteiger partial charge in [-0.15, -0.1) is 0 Å². The summed E-state index contributed by atoms with van der Waals surface area (Å²) in [6.07, 6.45) is 2.19. The van der Waals surface area contributed by atoms with Gasteiger partial charge in [0.25, 0.3) is 0 Å². The van der Waals surface area contributed by atoms with Gasteiger partial charge >= 0.3 is 0 Å². The molecule has 0 radical (unpaired) electrons. The van der Waals surface area contributed by atoms with Gasteiger partial charge in [-0.05, 0) is 48.0 Å². The van der Waals surface area contributed by atoms with E-state index >= 15 is 0 Å². The van der Waals surface area contributed by atoms with Crippen molar-refractivity contribution in [3.05, 3.63) is 170 Å². The molecule has 0 unspecified atom stereocenters. The summed E-state index contributed by atoms with van der Waals surface area (Å²) in [4.78, 5) is 0. The van der Waals surface area contributed by atoms with Gasteiger partial charge in [-0.2, -0.15) is 0 Å². The van der Waals surface area contributed by atoms with Crippen LogP contribution in [0.25, 0.3) is 77.1 Å². The highest BCUT2D eigenvalue weighted by molar-refractivity contribution is 6.18. The van der Waals surface area contributed by atoms with Gasteiger partial charge in [0.05, 0.1) is 16.6 Å². The molecule has 3 nitrogen and oxygen atoms in total. The second-order valence-corrected chi connectivity index (χ2v) is 11.4. The first-order valence-corrected chi connectivity index (χ1v) is 15.3. The van der Waals surface area contributed by atoms with Crippen LogP contribution in [-0.2, 0) is 0 Å². The molecule has 0 saturated heterocycles. The number of furan rings is 1. The normalized spacial score (nSPS) is 11.6. The van der Waals surface area contributed by atoms with E-state index in [2.05, 4.69) is 167 Å². The Morgan fingerprint density at radius 1 is 0.422 bits per heavy atom. The summed E-state index contributed by atoms with van der Waals surface area (Å²) in [7, 11) is 0. The Hall–Kier alpha value is -6.06. The van der Waals surface area contributed by atoms with Gasteiger partial charge in [-0.3, -0.25) is 0 Å². The molecule has 0 saturated carbocycles. The molecular weight excluding hydrogens is 548 g/mol. The predicted molar refractivity (Wildman–Crippen MR) is 188 cm³/mol. The van der Waals surface area contributed by atoms with Crippen molar-refractivity contribution in [2.45, 2.75) is 0 Å². The first kappa shape index (κ1) is 25.4. The van der Waals surface area contributed by atoms with Crippen LogP contribution in [0, 0.1) is 0 Å². The summed E-state index contributed by atoms with van der Waals surface area (Å²) >= 11 is 0. The standard InChI is InChI=1S/C42H28N2O/c1-3-14-31(15-4-1)43-28-12-13-29(33-20-11-21-37-35-19-8-10-23-39(35)45-42(33)37)24-25-30-26-27-36-34-18-7-9-22-38(34)44(41(36)40(30)43)32-16-5-2-6-17-32/h1-28H. The molecule has 212 valence electrons. The quantitative estimate of drug-likeness (QED) is 0.205. The smallest absolute Gasteiger partial charge is 0.143 e. The van der Waals surface area contributed by atoms with Gasteiger partial charge in [-0.1, -0.05) is 121 Å². The van der Waals surface area contributed by atoms with Gasteiger partial charge in [0, 0.05) is 50.1 Å². The summed E-state index contributed by atoms with van der Waals surface area (Å²) in [6, 6.07) is 58.0. The zero-order valence-electron chi connectivity index (χ0n) is 24.5. The molecule has 9 aromatic rings. The van der Waals surface area contributed by atoms with Crippen LogP contribution in [0.2, 0.25) is 0 Å². The number of rotatable bonds is 3. The van der Waals surface area contributed by atoms with Crippen molar-refractivity contribution >= 4 is 54.6 Å². The van der Waals surface area contributed by atoms with Crippen molar-refractivity contribution in [1.82, 2.24) is 9.13 Å². The number of benzene rings is 6. The van der Waals surface area contributed by atoms with Crippen molar-refractivity contribution in [3.8, 4) is 22.5 Å². The summed E-state index contributed by atoms with van der Waals surface area (Å²) < 4.78 is 11.2. The molecule has 3 heterocycles. The van der Waals surface area contributed by atoms with Crippen molar-refractivity contribution in [3.63, 3.8) is 0 Å². The third-order valence-corrected chi connectivity index (χ3v) is 8.80. The lowest BCUT2D eigenvalue weighted by Gasteiger charge is -2.14. The molecule has 3 heteroatoms. The van der Waals surface area contributed by atoms with Crippen LogP contribution in [0.5, 0.6) is 0 Å². The highest BCUT2D eigenvalue weighted by Gasteiger charge is 2.17. The molecule has 0 aliphatic heterocycles. The summed E-state index contributed by atoms with van der Waals surface area (Å²) in [6.45, 7) is 0. The van der Waals surface area contributed by atoms with E-state index in [1.54, 1.807) is 0 Å². The van der Waals surface area contributed by atoms with Crippen LogP contribution in [0.3, 0.4) is 0 Å². The van der Waals surface area contributed by atoms with E-state index in [1.807, 2.05) is 12.1 Å². The van der Waals surface area contributed by atoms with Gasteiger partial charge < -0.3 is 13.6 Å². The molecule has 0 spiro atoms. The van der Waals surface area contributed by atoms with Crippen LogP contribution in [0.15, 0.2) is 174 Å². The van der Waals surface area contributed by atoms with E-state index in [4.69, 9.17) is 4.42 Å². The third kappa shape index (κ3) is 4.05. The van der Waals surface area contributed by atoms with Crippen LogP contribution in [0.1, 0.15) is 0 Å². The second-order valence-electron chi connectivity index (χ2n) is 11.4. The molecule has 0 atom stereocenters. The number of hydrogen-bond donors (Lipinski definition) is 0. The number of nitrogens with zero attached hydrogens (tertiary/aromatic N) is 2. The lowest BCUT2D eigenvalue weighted by atomic mass is 10.0. The molecule has 9 rings (SSSR count). The first-order valence-electron chi connectivity index (χ1n) is 15.3. The van der Waals surface area contributed by atoms with Crippen LogP contribution in [0.4, 0.5) is 0 Å². The molecular formula is C42H28N2O. The average Bonchev–Trinajstić information content (AvgIpc) is 3.67. The highest BCUT2D eigenvalue weighted by atomic mass is 16.3. The van der Waals surface area contributed by atoms with Crippen LogP contribution in [-0.4, -0.2) is 9.13 Å². The van der Waals surface area contributed by atoms with Crippen molar-refractivity contribution in [2.24, 2.45) is 0 Å². The molecule has 0 aliphatic carbocycles. The molecule has 3 aromatic heterocycles. The Labute approximate surface area is 260 Å². The Kier molecular flexibility index (Phi) is 5.82. The molecule has 6 aromatic carbocycles. The fourth-order valence-electron chi connectivity index (χ4n) is 6.79. The minimum Gasteiger partial charge on any atom is -0.455 e. The minimum absolute atomic E-state index is 0.903. The Balaban J connectivity index is 1.43. The van der Waals surface area contributed by atoms with E-state index in [1.165, 1.54) is 21.8 Å². The number of fused-ring (bicyclic) bond motifs is 8. The maximum Gasteiger partial charge on any atom is 0.143 e. The first-order chi connectivity index (χ1) is 22.3. The van der Waals surface area contributed by atoms with Crippen LogP contribution < -0.4 is 0 Å². The molecule has 0 aliphatic rings.